The fourth-order valence-corrected chi connectivity index (χ4v) is 12.7. The molecule has 5 fully saturated rings. The first-order valence-corrected chi connectivity index (χ1v) is 17.4. The molecule has 1 aromatic carbocycles. The van der Waals surface area contributed by atoms with Crippen molar-refractivity contribution in [3.8, 4) is 5.75 Å². The second-order valence-corrected chi connectivity index (χ2v) is 16.7. The third kappa shape index (κ3) is 4.20. The maximum absolute atomic E-state index is 14.2. The molecule has 0 bridgehead atoms. The summed E-state index contributed by atoms with van der Waals surface area (Å²) in [6.45, 7) is 21.5. The van der Waals surface area contributed by atoms with E-state index in [2.05, 4.69) is 66.3 Å². The number of hydrogen-bond acceptors (Lipinski definition) is 4. The number of benzene rings is 1. The van der Waals surface area contributed by atoms with Crippen molar-refractivity contribution >= 4 is 17.8 Å². The Kier molecular flexibility index (Phi) is 7.61. The van der Waals surface area contributed by atoms with Gasteiger partial charge >= 0.3 is 5.97 Å². The topological polar surface area (TPSA) is 52.6 Å². The first kappa shape index (κ1) is 31.6. The second-order valence-electron chi connectivity index (χ2n) is 16.7. The van der Waals surface area contributed by atoms with Gasteiger partial charge in [0, 0.05) is 5.41 Å². The maximum atomic E-state index is 14.2. The quantitative estimate of drug-likeness (QED) is 0.192. The van der Waals surface area contributed by atoms with E-state index in [-0.39, 0.29) is 27.6 Å². The zero-order valence-corrected chi connectivity index (χ0v) is 28.7. The molecule has 6 rings (SSSR count). The zero-order valence-electron chi connectivity index (χ0n) is 28.7. The van der Waals surface area contributed by atoms with Crippen LogP contribution in [0.3, 0.4) is 0 Å². The van der Waals surface area contributed by atoms with Gasteiger partial charge in [-0.15, -0.1) is 0 Å². The van der Waals surface area contributed by atoms with Gasteiger partial charge in [0.05, 0.1) is 19.1 Å². The number of fused-ring (bicyclic) bond motifs is 7. The van der Waals surface area contributed by atoms with Crippen LogP contribution in [0.5, 0.6) is 5.75 Å². The molecule has 0 N–H and O–H groups in total. The highest BCUT2D eigenvalue weighted by Gasteiger charge is 2.72. The molecule has 4 heteroatoms. The van der Waals surface area contributed by atoms with E-state index in [1.54, 1.807) is 7.11 Å². The van der Waals surface area contributed by atoms with Gasteiger partial charge in [-0.05, 0) is 147 Å². The Morgan fingerprint density at radius 3 is 2.27 bits per heavy atom. The van der Waals surface area contributed by atoms with Crippen molar-refractivity contribution in [1.29, 1.82) is 0 Å². The van der Waals surface area contributed by atoms with Crippen molar-refractivity contribution in [3.05, 3.63) is 47.6 Å². The molecule has 0 aromatic heterocycles. The number of ketones is 1. The third-order valence-electron chi connectivity index (χ3n) is 14.8. The summed E-state index contributed by atoms with van der Waals surface area (Å²) in [5.74, 6) is 3.30. The van der Waals surface area contributed by atoms with Crippen LogP contribution < -0.4 is 4.74 Å². The van der Waals surface area contributed by atoms with Crippen molar-refractivity contribution in [2.24, 2.45) is 56.7 Å². The number of hydrogen-bond donors (Lipinski definition) is 0. The van der Waals surface area contributed by atoms with Crippen LogP contribution in [0.2, 0.25) is 0 Å². The zero-order chi connectivity index (χ0) is 31.9. The average molecular weight is 601 g/mol. The number of allylic oxidation sites excluding steroid dienone is 2. The number of rotatable bonds is 5. The van der Waals surface area contributed by atoms with Crippen LogP contribution in [0.1, 0.15) is 112 Å². The van der Waals surface area contributed by atoms with Crippen molar-refractivity contribution in [2.45, 2.75) is 106 Å². The van der Waals surface area contributed by atoms with Crippen molar-refractivity contribution in [3.63, 3.8) is 0 Å². The highest BCUT2D eigenvalue weighted by atomic mass is 16.5. The van der Waals surface area contributed by atoms with E-state index in [1.165, 1.54) is 12.0 Å². The number of ether oxygens (including phenoxy) is 2. The SMILES string of the molecule is C=C(C)C1CCC2(C(=O)OC)CCC3(C)C(CCC4C5(C)C/C(=C\c6ccc(OCC)cc6)C(=O)C(C)(C)C5CCC43C)C12. The van der Waals surface area contributed by atoms with E-state index < -0.39 is 5.41 Å². The second kappa shape index (κ2) is 10.6. The molecule has 0 aliphatic heterocycles. The molecule has 44 heavy (non-hydrogen) atoms. The number of methoxy groups -OCH3 is 1. The standard InChI is InChI=1S/C40H56O4/c1-10-44-28-13-11-26(12-14-28)23-27-24-37(6)31(36(4,5)34(27)41)18-19-39(8)32(37)16-15-30-33-29(25(2)3)17-20-40(33,35(42)43-9)22-21-38(30,39)7/h11-14,23,29-33H,2,10,15-22,24H2,1,3-9H3/b27-23+. The monoisotopic (exact) mass is 600 g/mol. The molecule has 9 unspecified atom stereocenters. The molecule has 9 atom stereocenters. The minimum atomic E-state index is -0.397. The van der Waals surface area contributed by atoms with Crippen LogP contribution >= 0.6 is 0 Å². The van der Waals surface area contributed by atoms with Crippen LogP contribution in [0, 0.1) is 56.7 Å². The first-order valence-electron chi connectivity index (χ1n) is 17.4. The minimum Gasteiger partial charge on any atom is -0.494 e. The summed E-state index contributed by atoms with van der Waals surface area (Å²) in [7, 11) is 1.58. The number of Topliss-reactive ketones (excluding diaryl/α,β-unsaturated/α-hetero) is 1. The Morgan fingerprint density at radius 2 is 1.64 bits per heavy atom. The third-order valence-corrected chi connectivity index (χ3v) is 14.8. The Labute approximate surface area is 266 Å². The van der Waals surface area contributed by atoms with E-state index in [1.807, 2.05) is 19.1 Å². The van der Waals surface area contributed by atoms with Gasteiger partial charge in [0.15, 0.2) is 5.78 Å². The first-order chi connectivity index (χ1) is 20.7. The fraction of sp³-hybridized carbons (Fsp3) is 0.700. The molecule has 0 spiro atoms. The molecule has 5 saturated carbocycles. The van der Waals surface area contributed by atoms with Crippen molar-refractivity contribution in [1.82, 2.24) is 0 Å². The van der Waals surface area contributed by atoms with Gasteiger partial charge in [-0.25, -0.2) is 0 Å². The molecular formula is C40H56O4. The Hall–Kier alpha value is -2.36. The molecule has 5 aliphatic rings. The predicted molar refractivity (Wildman–Crippen MR) is 177 cm³/mol. The lowest BCUT2D eigenvalue weighted by Crippen LogP contribution is -2.67. The van der Waals surface area contributed by atoms with Gasteiger partial charge in [-0.1, -0.05) is 58.9 Å². The summed E-state index contributed by atoms with van der Waals surface area (Å²) in [6.07, 6.45) is 11.6. The van der Waals surface area contributed by atoms with Gasteiger partial charge in [-0.3, -0.25) is 9.59 Å². The van der Waals surface area contributed by atoms with Crippen molar-refractivity contribution in [2.75, 3.05) is 13.7 Å². The Bertz CT molecular complexity index is 1370. The number of esters is 1. The molecule has 5 aliphatic carbocycles. The summed E-state index contributed by atoms with van der Waals surface area (Å²) in [5.41, 5.74) is 2.86. The van der Waals surface area contributed by atoms with Crippen LogP contribution in [-0.4, -0.2) is 25.5 Å². The van der Waals surface area contributed by atoms with Gasteiger partial charge in [-0.2, -0.15) is 0 Å². The fourth-order valence-electron chi connectivity index (χ4n) is 12.7. The van der Waals surface area contributed by atoms with E-state index in [0.717, 1.165) is 68.3 Å². The van der Waals surface area contributed by atoms with Gasteiger partial charge in [0.25, 0.3) is 0 Å². The molecule has 0 amide bonds. The summed E-state index contributed by atoms with van der Waals surface area (Å²) in [5, 5.41) is 0. The minimum absolute atomic E-state index is 0.0212. The average Bonchev–Trinajstić information content (AvgIpc) is 3.38. The van der Waals surface area contributed by atoms with E-state index in [9.17, 15) is 9.59 Å². The Balaban J connectivity index is 1.38. The summed E-state index contributed by atoms with van der Waals surface area (Å²) in [6, 6.07) is 8.19. The van der Waals surface area contributed by atoms with E-state index in [4.69, 9.17) is 9.47 Å². The number of carbonyl (C=O) groups is 2. The lowest BCUT2D eigenvalue weighted by atomic mass is 9.32. The lowest BCUT2D eigenvalue weighted by Gasteiger charge is -2.72. The summed E-state index contributed by atoms with van der Waals surface area (Å²) < 4.78 is 11.2. The molecule has 0 radical (unpaired) electrons. The summed E-state index contributed by atoms with van der Waals surface area (Å²) in [4.78, 5) is 27.7. The maximum Gasteiger partial charge on any atom is 0.312 e. The summed E-state index contributed by atoms with van der Waals surface area (Å²) >= 11 is 0. The number of carbonyl (C=O) groups excluding carboxylic acids is 2. The molecule has 0 heterocycles. The smallest absolute Gasteiger partial charge is 0.312 e. The van der Waals surface area contributed by atoms with Crippen LogP contribution in [-0.2, 0) is 14.3 Å². The van der Waals surface area contributed by atoms with E-state index >= 15 is 0 Å². The van der Waals surface area contributed by atoms with E-state index in [0.29, 0.717) is 42.0 Å². The van der Waals surface area contributed by atoms with Gasteiger partial charge < -0.3 is 9.47 Å². The molecule has 0 saturated heterocycles. The van der Waals surface area contributed by atoms with Crippen LogP contribution in [0.4, 0.5) is 0 Å². The highest BCUT2D eigenvalue weighted by molar-refractivity contribution is 6.04. The van der Waals surface area contributed by atoms with Crippen LogP contribution in [0.25, 0.3) is 6.08 Å². The van der Waals surface area contributed by atoms with Gasteiger partial charge in [0.2, 0.25) is 0 Å². The molecule has 240 valence electrons. The normalized spacial score (nSPS) is 43.3. The lowest BCUT2D eigenvalue weighted by molar-refractivity contribution is -0.232. The predicted octanol–water partition coefficient (Wildman–Crippen LogP) is 9.48. The van der Waals surface area contributed by atoms with Gasteiger partial charge in [0.1, 0.15) is 5.75 Å². The largest absolute Gasteiger partial charge is 0.494 e. The van der Waals surface area contributed by atoms with Crippen molar-refractivity contribution < 1.29 is 19.1 Å². The van der Waals surface area contributed by atoms with Crippen LogP contribution in [0.15, 0.2) is 42.0 Å². The molecular weight excluding hydrogens is 544 g/mol. The highest BCUT2D eigenvalue weighted by Crippen LogP contribution is 2.77. The Morgan fingerprint density at radius 1 is 0.932 bits per heavy atom. The molecule has 1 aromatic rings. The molecule has 4 nitrogen and oxygen atoms in total.